The summed E-state index contributed by atoms with van der Waals surface area (Å²) < 4.78 is 1.94. The molecule has 21 heavy (non-hydrogen) atoms. The molecule has 1 aromatic carbocycles. The number of aryl methyl sites for hydroxylation is 1. The van der Waals surface area contributed by atoms with Gasteiger partial charge in [0.2, 0.25) is 0 Å². The van der Waals surface area contributed by atoms with E-state index in [2.05, 4.69) is 16.1 Å². The van der Waals surface area contributed by atoms with E-state index < -0.39 is 0 Å². The van der Waals surface area contributed by atoms with E-state index in [0.717, 1.165) is 38.0 Å². The quantitative estimate of drug-likeness (QED) is 0.937. The summed E-state index contributed by atoms with van der Waals surface area (Å²) in [6, 6.07) is 12.1. The Morgan fingerprint density at radius 3 is 2.52 bits per heavy atom. The number of likely N-dealkylation sites (tertiary alicyclic amines) is 1. The molecule has 1 saturated heterocycles. The van der Waals surface area contributed by atoms with Crippen molar-refractivity contribution in [1.82, 2.24) is 14.7 Å². The van der Waals surface area contributed by atoms with Crippen molar-refractivity contribution in [3.05, 3.63) is 53.9 Å². The lowest BCUT2D eigenvalue weighted by molar-refractivity contribution is 0.0561. The first kappa shape index (κ1) is 14.3. The number of piperidine rings is 1. The predicted octanol–water partition coefficient (Wildman–Crippen LogP) is 2.37. The molecule has 1 aliphatic heterocycles. The van der Waals surface area contributed by atoms with E-state index in [1.165, 1.54) is 5.69 Å². The Hall–Kier alpha value is -1.65. The molecule has 1 unspecified atom stereocenters. The summed E-state index contributed by atoms with van der Waals surface area (Å²) in [6.45, 7) is 3.03. The number of rotatable bonds is 4. The molecule has 0 spiro atoms. The van der Waals surface area contributed by atoms with Crippen molar-refractivity contribution >= 4 is 0 Å². The molecule has 4 heteroatoms. The van der Waals surface area contributed by atoms with Crippen molar-refractivity contribution in [2.75, 3.05) is 13.1 Å². The summed E-state index contributed by atoms with van der Waals surface area (Å²) in [6.07, 6.45) is 3.62. The first-order valence-electron chi connectivity index (χ1n) is 7.66. The molecule has 1 N–H and O–H groups in total. The molecule has 4 nitrogen and oxygen atoms in total. The summed E-state index contributed by atoms with van der Waals surface area (Å²) in [7, 11) is 1.99. The van der Waals surface area contributed by atoms with Gasteiger partial charge in [0.05, 0.1) is 11.8 Å². The van der Waals surface area contributed by atoms with Crippen LogP contribution >= 0.6 is 0 Å². The van der Waals surface area contributed by atoms with Gasteiger partial charge in [-0.3, -0.25) is 9.58 Å². The number of hydrogen-bond acceptors (Lipinski definition) is 3. The molecule has 112 valence electrons. The lowest BCUT2D eigenvalue weighted by Crippen LogP contribution is -2.35. The van der Waals surface area contributed by atoms with Gasteiger partial charge in [-0.2, -0.15) is 5.10 Å². The van der Waals surface area contributed by atoms with Crippen LogP contribution in [0.3, 0.4) is 0 Å². The Morgan fingerprint density at radius 1 is 1.19 bits per heavy atom. The number of aliphatic hydroxyl groups is 1. The van der Waals surface area contributed by atoms with Gasteiger partial charge in [0.25, 0.3) is 0 Å². The molecule has 0 amide bonds. The fourth-order valence-corrected chi connectivity index (χ4v) is 3.13. The molecule has 0 bridgehead atoms. The Kier molecular flexibility index (Phi) is 4.36. The molecule has 3 rings (SSSR count). The highest BCUT2D eigenvalue weighted by Gasteiger charge is 2.26. The first-order chi connectivity index (χ1) is 10.2. The lowest BCUT2D eigenvalue weighted by Gasteiger charge is -2.34. The van der Waals surface area contributed by atoms with E-state index in [4.69, 9.17) is 0 Å². The average Bonchev–Trinajstić information content (AvgIpc) is 2.93. The largest absolute Gasteiger partial charge is 0.388 e. The smallest absolute Gasteiger partial charge is 0.0819 e. The lowest BCUT2D eigenvalue weighted by atomic mass is 9.87. The van der Waals surface area contributed by atoms with E-state index in [1.54, 1.807) is 0 Å². The second kappa shape index (κ2) is 6.41. The summed E-state index contributed by atoms with van der Waals surface area (Å²) >= 11 is 0. The van der Waals surface area contributed by atoms with Crippen LogP contribution in [-0.2, 0) is 13.6 Å². The van der Waals surface area contributed by atoms with Gasteiger partial charge < -0.3 is 5.11 Å². The Labute approximate surface area is 126 Å². The highest BCUT2D eigenvalue weighted by Crippen LogP contribution is 2.30. The molecule has 1 aliphatic rings. The van der Waals surface area contributed by atoms with Gasteiger partial charge in [-0.1, -0.05) is 30.3 Å². The van der Waals surface area contributed by atoms with Crippen LogP contribution in [0.2, 0.25) is 0 Å². The summed E-state index contributed by atoms with van der Waals surface area (Å²) in [5.74, 6) is 0.371. The van der Waals surface area contributed by atoms with Gasteiger partial charge in [0, 0.05) is 19.8 Å². The predicted molar refractivity (Wildman–Crippen MR) is 82.6 cm³/mol. The van der Waals surface area contributed by atoms with Crippen molar-refractivity contribution in [2.45, 2.75) is 25.5 Å². The molecule has 2 heterocycles. The van der Waals surface area contributed by atoms with E-state index in [-0.39, 0.29) is 6.10 Å². The second-order valence-corrected chi connectivity index (χ2v) is 5.92. The first-order valence-corrected chi connectivity index (χ1v) is 7.66. The summed E-state index contributed by atoms with van der Waals surface area (Å²) in [5.41, 5.74) is 2.29. The second-order valence-electron chi connectivity index (χ2n) is 5.92. The monoisotopic (exact) mass is 285 g/mol. The number of hydrogen-bond donors (Lipinski definition) is 1. The van der Waals surface area contributed by atoms with Crippen LogP contribution in [0.5, 0.6) is 0 Å². The summed E-state index contributed by atoms with van der Waals surface area (Å²) in [5, 5.41) is 14.7. The van der Waals surface area contributed by atoms with Crippen LogP contribution in [0.4, 0.5) is 0 Å². The topological polar surface area (TPSA) is 41.3 Å². The Balaban J connectivity index is 1.54. The van der Waals surface area contributed by atoms with Crippen molar-refractivity contribution < 1.29 is 5.11 Å². The van der Waals surface area contributed by atoms with E-state index in [0.29, 0.717) is 5.92 Å². The minimum Gasteiger partial charge on any atom is -0.388 e. The van der Waals surface area contributed by atoms with Crippen LogP contribution < -0.4 is 0 Å². The number of benzene rings is 1. The zero-order chi connectivity index (χ0) is 14.7. The third-order valence-corrected chi connectivity index (χ3v) is 4.53. The van der Waals surface area contributed by atoms with Gasteiger partial charge >= 0.3 is 0 Å². The van der Waals surface area contributed by atoms with Gasteiger partial charge in [-0.15, -0.1) is 0 Å². The number of aromatic nitrogens is 2. The fourth-order valence-electron chi connectivity index (χ4n) is 3.13. The molecule has 0 radical (unpaired) electrons. The minimum absolute atomic E-state index is 0.329. The van der Waals surface area contributed by atoms with Crippen LogP contribution in [0, 0.1) is 5.92 Å². The number of aliphatic hydroxyl groups excluding tert-OH is 1. The molecule has 1 atom stereocenters. The highest BCUT2D eigenvalue weighted by molar-refractivity contribution is 5.18. The van der Waals surface area contributed by atoms with E-state index in [9.17, 15) is 5.11 Å². The molecule has 0 saturated carbocycles. The zero-order valence-corrected chi connectivity index (χ0v) is 12.5. The standard InChI is InChI=1S/C17H23N3O/c1-19-16(7-10-18-19)13-20-11-8-15(9-12-20)17(21)14-5-3-2-4-6-14/h2-7,10,15,17,21H,8-9,11-13H2,1H3. The maximum Gasteiger partial charge on any atom is 0.0819 e. The summed E-state index contributed by atoms with van der Waals surface area (Å²) in [4.78, 5) is 2.45. The SMILES string of the molecule is Cn1nccc1CN1CCC(C(O)c2ccccc2)CC1. The van der Waals surface area contributed by atoms with Gasteiger partial charge in [0.15, 0.2) is 0 Å². The van der Waals surface area contributed by atoms with E-state index in [1.807, 2.05) is 48.3 Å². The third-order valence-electron chi connectivity index (χ3n) is 4.53. The molecule has 2 aromatic rings. The van der Waals surface area contributed by atoms with Crippen LogP contribution in [0.25, 0.3) is 0 Å². The Morgan fingerprint density at radius 2 is 1.90 bits per heavy atom. The van der Waals surface area contributed by atoms with Crippen LogP contribution in [-0.4, -0.2) is 32.9 Å². The number of nitrogens with zero attached hydrogens (tertiary/aromatic N) is 3. The van der Waals surface area contributed by atoms with Gasteiger partial charge in [-0.05, 0) is 43.5 Å². The van der Waals surface area contributed by atoms with Crippen LogP contribution in [0.15, 0.2) is 42.6 Å². The van der Waals surface area contributed by atoms with Crippen molar-refractivity contribution in [2.24, 2.45) is 13.0 Å². The molecular formula is C17H23N3O. The van der Waals surface area contributed by atoms with Crippen LogP contribution in [0.1, 0.15) is 30.2 Å². The van der Waals surface area contributed by atoms with Crippen molar-refractivity contribution in [3.63, 3.8) is 0 Å². The van der Waals surface area contributed by atoms with Crippen molar-refractivity contribution in [1.29, 1.82) is 0 Å². The molecule has 1 fully saturated rings. The Bertz CT molecular complexity index is 558. The average molecular weight is 285 g/mol. The minimum atomic E-state index is -0.329. The third kappa shape index (κ3) is 3.34. The highest BCUT2D eigenvalue weighted by atomic mass is 16.3. The van der Waals surface area contributed by atoms with Crippen molar-refractivity contribution in [3.8, 4) is 0 Å². The maximum absolute atomic E-state index is 10.5. The molecule has 1 aromatic heterocycles. The zero-order valence-electron chi connectivity index (χ0n) is 12.5. The van der Waals surface area contributed by atoms with E-state index >= 15 is 0 Å². The normalized spacial score (nSPS) is 18.8. The maximum atomic E-state index is 10.5. The van der Waals surface area contributed by atoms with Gasteiger partial charge in [-0.25, -0.2) is 0 Å². The van der Waals surface area contributed by atoms with Gasteiger partial charge in [0.1, 0.15) is 0 Å². The molecule has 0 aliphatic carbocycles. The fraction of sp³-hybridized carbons (Fsp3) is 0.471. The molecular weight excluding hydrogens is 262 g/mol.